The molecule has 1 aliphatic rings. The molecule has 4 rings (SSSR count). The molecule has 2 N–H and O–H groups in total. The Hall–Kier alpha value is -3.87. The maximum Gasteiger partial charge on any atom is 0.264 e. The summed E-state index contributed by atoms with van der Waals surface area (Å²) in [6, 6.07) is 16.7. The van der Waals surface area contributed by atoms with Crippen molar-refractivity contribution in [2.75, 3.05) is 31.1 Å². The first-order chi connectivity index (χ1) is 18.0. The first-order valence-corrected chi connectivity index (χ1v) is 13.9. The number of benzene rings is 2. The van der Waals surface area contributed by atoms with Gasteiger partial charge in [-0.3, -0.25) is 14.7 Å². The lowest BCUT2D eigenvalue weighted by atomic mass is 10.1. The summed E-state index contributed by atoms with van der Waals surface area (Å²) in [5.74, 6) is 5.75. The topological polar surface area (TPSA) is 103 Å². The molecule has 2 heterocycles. The highest BCUT2D eigenvalue weighted by Gasteiger charge is 2.31. The second-order valence-corrected chi connectivity index (χ2v) is 12.6. The molecule has 9 heteroatoms. The highest BCUT2D eigenvalue weighted by Crippen LogP contribution is 2.20. The Morgan fingerprint density at radius 1 is 1.00 bits per heavy atom. The van der Waals surface area contributed by atoms with Crippen LogP contribution in [0.5, 0.6) is 5.75 Å². The van der Waals surface area contributed by atoms with Gasteiger partial charge in [0.2, 0.25) is 10.0 Å². The third-order valence-corrected chi connectivity index (χ3v) is 8.44. The fourth-order valence-electron chi connectivity index (χ4n) is 3.98. The van der Waals surface area contributed by atoms with Crippen LogP contribution in [0.15, 0.2) is 67.0 Å². The van der Waals surface area contributed by atoms with Crippen molar-refractivity contribution in [2.24, 2.45) is 0 Å². The van der Waals surface area contributed by atoms with E-state index in [9.17, 15) is 18.3 Å². The number of hydrogen-bond acceptors (Lipinski definition) is 7. The van der Waals surface area contributed by atoms with Crippen molar-refractivity contribution in [3.8, 4) is 17.6 Å². The summed E-state index contributed by atoms with van der Waals surface area (Å²) >= 11 is 0. The molecule has 3 aromatic rings. The highest BCUT2D eigenvalue weighted by atomic mass is 32.2. The molecule has 0 unspecified atom stereocenters. The van der Waals surface area contributed by atoms with Gasteiger partial charge in [-0.05, 0) is 62.7 Å². The number of aromatic hydroxyl groups is 1. The Kier molecular flexibility index (Phi) is 8.05. The van der Waals surface area contributed by atoms with Gasteiger partial charge in [0, 0.05) is 61.3 Å². The van der Waals surface area contributed by atoms with E-state index in [1.165, 1.54) is 6.20 Å². The second-order valence-electron chi connectivity index (χ2n) is 10.2. The van der Waals surface area contributed by atoms with E-state index in [1.807, 2.05) is 30.3 Å². The van der Waals surface area contributed by atoms with E-state index in [1.54, 1.807) is 45.2 Å². The molecule has 198 valence electrons. The summed E-state index contributed by atoms with van der Waals surface area (Å²) in [6.07, 6.45) is 3.01. The molecule has 0 radical (unpaired) electrons. The predicted molar refractivity (Wildman–Crippen MR) is 148 cm³/mol. The normalized spacial score (nSPS) is 14.4. The van der Waals surface area contributed by atoms with E-state index in [4.69, 9.17) is 0 Å². The van der Waals surface area contributed by atoms with Gasteiger partial charge in [0.15, 0.2) is 0 Å². The molecule has 0 aliphatic carbocycles. The minimum atomic E-state index is -3.77. The van der Waals surface area contributed by atoms with Crippen molar-refractivity contribution >= 4 is 21.6 Å². The number of nitrogens with zero attached hydrogens (tertiary/aromatic N) is 3. The van der Waals surface area contributed by atoms with Gasteiger partial charge in [-0.25, -0.2) is 13.1 Å². The first-order valence-electron chi connectivity index (χ1n) is 12.4. The third kappa shape index (κ3) is 6.71. The molecular formula is C29H32N4O4S. The molecule has 1 fully saturated rings. The molecule has 8 nitrogen and oxygen atoms in total. The van der Waals surface area contributed by atoms with E-state index in [0.717, 1.165) is 49.5 Å². The smallest absolute Gasteiger partial charge is 0.264 e. The lowest BCUT2D eigenvalue weighted by Crippen LogP contribution is -2.46. The Balaban J connectivity index is 1.35. The molecule has 0 atom stereocenters. The Bertz CT molecular complexity index is 1460. The molecule has 2 aromatic carbocycles. The SMILES string of the molecule is CC(C)(C)S(=O)(=O)NC(=O)c1ccc(N2CCN(Cc3ccccc3C#Cc3cncc(O)c3)CC2)cc1. The van der Waals surface area contributed by atoms with Crippen molar-refractivity contribution in [3.63, 3.8) is 0 Å². The number of aromatic nitrogens is 1. The predicted octanol–water partition coefficient (Wildman–Crippen LogP) is 3.37. The van der Waals surface area contributed by atoms with Crippen LogP contribution in [0.2, 0.25) is 0 Å². The molecular weight excluding hydrogens is 500 g/mol. The van der Waals surface area contributed by atoms with Crippen molar-refractivity contribution in [2.45, 2.75) is 32.1 Å². The van der Waals surface area contributed by atoms with Gasteiger partial charge in [-0.15, -0.1) is 0 Å². The number of pyridine rings is 1. The maximum atomic E-state index is 12.4. The number of anilines is 1. The number of carbonyl (C=O) groups is 1. The zero-order valence-electron chi connectivity index (χ0n) is 21.8. The van der Waals surface area contributed by atoms with Crippen molar-refractivity contribution in [1.29, 1.82) is 0 Å². The van der Waals surface area contributed by atoms with E-state index in [-0.39, 0.29) is 5.75 Å². The van der Waals surface area contributed by atoms with Crippen LogP contribution in [0.3, 0.4) is 0 Å². The minimum absolute atomic E-state index is 0.0920. The molecule has 1 aliphatic heterocycles. The lowest BCUT2D eigenvalue weighted by molar-refractivity contribution is 0.0980. The molecule has 1 amide bonds. The number of rotatable bonds is 5. The molecule has 1 aromatic heterocycles. The summed E-state index contributed by atoms with van der Waals surface area (Å²) in [5, 5.41) is 9.61. The van der Waals surface area contributed by atoms with Gasteiger partial charge in [-0.2, -0.15) is 0 Å². The van der Waals surface area contributed by atoms with Crippen LogP contribution in [-0.2, 0) is 16.6 Å². The van der Waals surface area contributed by atoms with Crippen LogP contribution in [0.25, 0.3) is 0 Å². The number of hydrogen-bond donors (Lipinski definition) is 2. The number of nitrogens with one attached hydrogen (secondary N) is 1. The molecule has 1 saturated heterocycles. The number of carbonyl (C=O) groups excluding carboxylic acids is 1. The Labute approximate surface area is 224 Å². The highest BCUT2D eigenvalue weighted by molar-refractivity contribution is 7.91. The number of amides is 1. The summed E-state index contributed by atoms with van der Waals surface area (Å²) in [7, 11) is -3.77. The first kappa shape index (κ1) is 27.2. The van der Waals surface area contributed by atoms with Gasteiger partial charge in [-0.1, -0.05) is 30.0 Å². The average Bonchev–Trinajstić information content (AvgIpc) is 2.88. The molecule has 0 saturated carbocycles. The standard InChI is InChI=1S/C29H32N4O4S/c1-29(2,3)38(36,37)31-28(35)24-10-12-26(13-11-24)33-16-14-32(15-17-33)21-25-7-5-4-6-23(25)9-8-22-18-27(34)20-30-19-22/h4-7,10-13,18-20,34H,14-17,21H2,1-3H3,(H,31,35). The Morgan fingerprint density at radius 2 is 1.68 bits per heavy atom. The zero-order chi connectivity index (χ0) is 27.3. The number of sulfonamides is 1. The summed E-state index contributed by atoms with van der Waals surface area (Å²) in [4.78, 5) is 21.1. The fourth-order valence-corrected chi connectivity index (χ4v) is 4.65. The van der Waals surface area contributed by atoms with Gasteiger partial charge in [0.05, 0.1) is 10.9 Å². The zero-order valence-corrected chi connectivity index (χ0v) is 22.6. The largest absolute Gasteiger partial charge is 0.506 e. The van der Waals surface area contributed by atoms with Crippen LogP contribution in [0.4, 0.5) is 5.69 Å². The van der Waals surface area contributed by atoms with Gasteiger partial charge in [0.25, 0.3) is 5.91 Å². The minimum Gasteiger partial charge on any atom is -0.506 e. The van der Waals surface area contributed by atoms with Gasteiger partial charge >= 0.3 is 0 Å². The number of piperazine rings is 1. The molecule has 0 spiro atoms. The lowest BCUT2D eigenvalue weighted by Gasteiger charge is -2.36. The van der Waals surface area contributed by atoms with Crippen LogP contribution >= 0.6 is 0 Å². The van der Waals surface area contributed by atoms with Crippen LogP contribution in [-0.4, -0.2) is 60.2 Å². The summed E-state index contributed by atoms with van der Waals surface area (Å²) in [6.45, 7) is 8.80. The quantitative estimate of drug-likeness (QED) is 0.486. The summed E-state index contributed by atoms with van der Waals surface area (Å²) < 4.78 is 25.6. The molecule has 38 heavy (non-hydrogen) atoms. The monoisotopic (exact) mass is 532 g/mol. The fraction of sp³-hybridized carbons (Fsp3) is 0.310. The van der Waals surface area contributed by atoms with Gasteiger partial charge in [0.1, 0.15) is 5.75 Å². The van der Waals surface area contributed by atoms with E-state index in [0.29, 0.717) is 11.1 Å². The second kappa shape index (κ2) is 11.3. The summed E-state index contributed by atoms with van der Waals surface area (Å²) in [5.41, 5.74) is 4.04. The molecule has 0 bridgehead atoms. The maximum absolute atomic E-state index is 12.4. The van der Waals surface area contributed by atoms with Gasteiger partial charge < -0.3 is 10.0 Å². The van der Waals surface area contributed by atoms with Crippen LogP contribution < -0.4 is 9.62 Å². The van der Waals surface area contributed by atoms with Crippen molar-refractivity contribution < 1.29 is 18.3 Å². The van der Waals surface area contributed by atoms with Crippen LogP contribution in [0, 0.1) is 11.8 Å². The van der Waals surface area contributed by atoms with E-state index >= 15 is 0 Å². The van der Waals surface area contributed by atoms with Crippen LogP contribution in [0.1, 0.15) is 47.8 Å². The Morgan fingerprint density at radius 3 is 2.34 bits per heavy atom. The van der Waals surface area contributed by atoms with E-state index in [2.05, 4.69) is 37.4 Å². The van der Waals surface area contributed by atoms with Crippen molar-refractivity contribution in [1.82, 2.24) is 14.6 Å². The average molecular weight is 533 g/mol. The van der Waals surface area contributed by atoms with Crippen molar-refractivity contribution in [3.05, 3.63) is 89.2 Å². The van der Waals surface area contributed by atoms with E-state index < -0.39 is 20.7 Å². The third-order valence-electron chi connectivity index (χ3n) is 6.38.